The summed E-state index contributed by atoms with van der Waals surface area (Å²) in [5, 5.41) is 4.61. The Morgan fingerprint density at radius 1 is 1.24 bits per heavy atom. The molecule has 25 heavy (non-hydrogen) atoms. The van der Waals surface area contributed by atoms with E-state index in [9.17, 15) is 4.79 Å². The number of ketones is 1. The zero-order chi connectivity index (χ0) is 18.0. The molecule has 3 N–H and O–H groups in total. The van der Waals surface area contributed by atoms with Crippen molar-refractivity contribution in [1.82, 2.24) is 19.4 Å². The van der Waals surface area contributed by atoms with Gasteiger partial charge in [0.2, 0.25) is 10.7 Å². The number of benzene rings is 1. The van der Waals surface area contributed by atoms with E-state index in [2.05, 4.69) is 15.5 Å². The summed E-state index contributed by atoms with van der Waals surface area (Å²) < 4.78 is 2.96. The number of nitrogen functional groups attached to an aromatic ring is 1. The Labute approximate surface area is 158 Å². The van der Waals surface area contributed by atoms with Gasteiger partial charge in [0.25, 0.3) is 0 Å². The first-order valence-electron chi connectivity index (χ1n) is 7.07. The maximum atomic E-state index is 12.5. The van der Waals surface area contributed by atoms with Crippen LogP contribution in [0.5, 0.6) is 0 Å². The maximum absolute atomic E-state index is 12.5. The van der Waals surface area contributed by atoms with Crippen molar-refractivity contribution < 1.29 is 4.79 Å². The lowest BCUT2D eigenvalue weighted by Crippen LogP contribution is -2.15. The number of rotatable bonds is 5. The van der Waals surface area contributed by atoms with E-state index in [0.29, 0.717) is 10.6 Å². The van der Waals surface area contributed by atoms with Crippen LogP contribution in [0.25, 0.3) is 0 Å². The van der Waals surface area contributed by atoms with E-state index in [1.54, 1.807) is 42.7 Å². The van der Waals surface area contributed by atoms with Gasteiger partial charge in [-0.1, -0.05) is 29.3 Å². The smallest absolute Gasteiger partial charge is 0.240 e. The fourth-order valence-electron chi connectivity index (χ4n) is 2.13. The molecule has 7 nitrogen and oxygen atoms in total. The number of anilines is 2. The average Bonchev–Trinajstić information content (AvgIpc) is 2.85. The molecule has 0 aliphatic rings. The molecule has 0 bridgehead atoms. The largest absolute Gasteiger partial charge is 0.366 e. The summed E-state index contributed by atoms with van der Waals surface area (Å²) in [5.41, 5.74) is 9.91. The van der Waals surface area contributed by atoms with Crippen LogP contribution in [-0.2, 0) is 6.54 Å². The quantitative estimate of drug-likeness (QED) is 0.508. The third-order valence-electron chi connectivity index (χ3n) is 3.33. The van der Waals surface area contributed by atoms with Crippen LogP contribution in [0.3, 0.4) is 0 Å². The van der Waals surface area contributed by atoms with E-state index in [0.717, 1.165) is 5.69 Å². The van der Waals surface area contributed by atoms with Crippen molar-refractivity contribution in [1.29, 1.82) is 0 Å². The average molecular weight is 395 g/mol. The molecule has 0 unspecified atom stereocenters. The number of aromatic nitrogens is 4. The SMILES string of the molecule is Nc1nn(CC(=O)c2cccc(Cl)c2Cl)c(=S)n1Nc1ccncc1. The predicted molar refractivity (Wildman–Crippen MR) is 99.5 cm³/mol. The molecule has 1 aromatic carbocycles. The number of nitrogens with one attached hydrogen (secondary N) is 1. The van der Waals surface area contributed by atoms with E-state index in [4.69, 9.17) is 41.2 Å². The topological polar surface area (TPSA) is 90.8 Å². The molecule has 0 fully saturated rings. The molecule has 2 heterocycles. The number of hydrogen-bond donors (Lipinski definition) is 2. The van der Waals surface area contributed by atoms with Crippen LogP contribution in [0.4, 0.5) is 11.6 Å². The van der Waals surface area contributed by atoms with Crippen LogP contribution < -0.4 is 11.2 Å². The summed E-state index contributed by atoms with van der Waals surface area (Å²) in [5.74, 6) is -0.163. The molecule has 3 rings (SSSR count). The zero-order valence-corrected chi connectivity index (χ0v) is 15.0. The van der Waals surface area contributed by atoms with E-state index >= 15 is 0 Å². The summed E-state index contributed by atoms with van der Waals surface area (Å²) in [6.45, 7) is -0.117. The van der Waals surface area contributed by atoms with Crippen LogP contribution in [0.1, 0.15) is 10.4 Å². The number of pyridine rings is 1. The predicted octanol–water partition coefficient (Wildman–Crippen LogP) is 3.46. The third-order valence-corrected chi connectivity index (χ3v) is 4.54. The molecule has 3 aromatic rings. The van der Waals surface area contributed by atoms with E-state index < -0.39 is 0 Å². The van der Waals surface area contributed by atoms with Gasteiger partial charge in [0.15, 0.2) is 5.78 Å². The normalized spacial score (nSPS) is 10.6. The van der Waals surface area contributed by atoms with Gasteiger partial charge in [-0.05, 0) is 36.5 Å². The van der Waals surface area contributed by atoms with Crippen LogP contribution in [-0.4, -0.2) is 25.2 Å². The Kier molecular flexibility index (Phi) is 5.03. The highest BCUT2D eigenvalue weighted by Crippen LogP contribution is 2.26. The van der Waals surface area contributed by atoms with Gasteiger partial charge >= 0.3 is 0 Å². The van der Waals surface area contributed by atoms with Crippen LogP contribution in [0.2, 0.25) is 10.0 Å². The molecule has 0 atom stereocenters. The molecule has 2 aromatic heterocycles. The van der Waals surface area contributed by atoms with Gasteiger partial charge < -0.3 is 5.73 Å². The molecule has 0 amide bonds. The number of carbonyl (C=O) groups excluding carboxylic acids is 1. The summed E-state index contributed by atoms with van der Waals surface area (Å²) in [4.78, 5) is 16.4. The lowest BCUT2D eigenvalue weighted by Gasteiger charge is -2.07. The summed E-state index contributed by atoms with van der Waals surface area (Å²) in [6.07, 6.45) is 3.24. The maximum Gasteiger partial charge on any atom is 0.240 e. The van der Waals surface area contributed by atoms with Crippen molar-refractivity contribution in [3.8, 4) is 0 Å². The monoisotopic (exact) mass is 394 g/mol. The molecule has 0 radical (unpaired) electrons. The van der Waals surface area contributed by atoms with Gasteiger partial charge in [-0.25, -0.2) is 4.68 Å². The second-order valence-electron chi connectivity index (χ2n) is 5.01. The lowest BCUT2D eigenvalue weighted by atomic mass is 10.1. The van der Waals surface area contributed by atoms with Crippen LogP contribution in [0.15, 0.2) is 42.7 Å². The van der Waals surface area contributed by atoms with Crippen molar-refractivity contribution in [3.63, 3.8) is 0 Å². The highest BCUT2D eigenvalue weighted by Gasteiger charge is 2.16. The van der Waals surface area contributed by atoms with Gasteiger partial charge in [-0.3, -0.25) is 15.2 Å². The summed E-state index contributed by atoms with van der Waals surface area (Å²) in [7, 11) is 0. The number of halogens is 2. The molecule has 0 saturated carbocycles. The highest BCUT2D eigenvalue weighted by molar-refractivity contribution is 7.71. The summed E-state index contributed by atoms with van der Waals surface area (Å²) in [6, 6.07) is 8.34. The Balaban J connectivity index is 1.87. The Morgan fingerprint density at radius 3 is 2.68 bits per heavy atom. The van der Waals surface area contributed by atoms with Gasteiger partial charge in [0.1, 0.15) is 6.54 Å². The fourth-order valence-corrected chi connectivity index (χ4v) is 2.78. The minimum atomic E-state index is -0.280. The highest BCUT2D eigenvalue weighted by atomic mass is 35.5. The van der Waals surface area contributed by atoms with Crippen molar-refractivity contribution in [2.45, 2.75) is 6.54 Å². The Morgan fingerprint density at radius 2 is 1.96 bits per heavy atom. The lowest BCUT2D eigenvalue weighted by molar-refractivity contribution is 0.0967. The van der Waals surface area contributed by atoms with Crippen LogP contribution in [0, 0.1) is 4.77 Å². The van der Waals surface area contributed by atoms with Crippen molar-refractivity contribution in [3.05, 3.63) is 63.1 Å². The number of Topliss-reactive ketones (excluding diaryl/α,β-unsaturated/α-hetero) is 1. The first-order chi connectivity index (χ1) is 12.0. The molecular formula is C15H12Cl2N6OS. The Bertz CT molecular complexity index is 985. The van der Waals surface area contributed by atoms with Crippen molar-refractivity contribution in [2.24, 2.45) is 0 Å². The molecule has 128 valence electrons. The minimum Gasteiger partial charge on any atom is -0.366 e. The van der Waals surface area contributed by atoms with E-state index in [1.165, 1.54) is 9.36 Å². The molecular weight excluding hydrogens is 383 g/mol. The van der Waals surface area contributed by atoms with Gasteiger partial charge in [-0.2, -0.15) is 4.68 Å². The zero-order valence-electron chi connectivity index (χ0n) is 12.7. The fraction of sp³-hybridized carbons (Fsp3) is 0.0667. The molecule has 10 heteroatoms. The Hall–Kier alpha value is -2.42. The van der Waals surface area contributed by atoms with Crippen LogP contribution >= 0.6 is 35.4 Å². The third kappa shape index (κ3) is 3.65. The van der Waals surface area contributed by atoms with Gasteiger partial charge in [-0.15, -0.1) is 5.10 Å². The second kappa shape index (κ2) is 7.22. The first-order valence-corrected chi connectivity index (χ1v) is 8.23. The summed E-state index contributed by atoms with van der Waals surface area (Å²) >= 11 is 17.4. The minimum absolute atomic E-state index is 0.117. The van der Waals surface area contributed by atoms with Gasteiger partial charge in [0.05, 0.1) is 15.7 Å². The molecule has 0 aliphatic carbocycles. The van der Waals surface area contributed by atoms with E-state index in [-0.39, 0.29) is 28.1 Å². The van der Waals surface area contributed by atoms with Crippen molar-refractivity contribution in [2.75, 3.05) is 11.2 Å². The second-order valence-corrected chi connectivity index (χ2v) is 6.16. The number of nitrogens with two attached hydrogens (primary N) is 1. The number of hydrogen-bond acceptors (Lipinski definition) is 6. The van der Waals surface area contributed by atoms with E-state index in [1.807, 2.05) is 0 Å². The first kappa shape index (κ1) is 17.4. The molecule has 0 spiro atoms. The van der Waals surface area contributed by atoms with Crippen molar-refractivity contribution >= 4 is 52.8 Å². The molecule has 0 saturated heterocycles. The number of carbonyl (C=O) groups is 1. The standard InChI is InChI=1S/C15H12Cl2N6OS/c16-11-3-1-2-10(13(11)17)12(24)8-22-15(25)23(14(18)21-22)20-9-4-6-19-7-5-9/h1-7H,8H2,(H2,18,21)(H,19,20). The number of nitrogens with zero attached hydrogens (tertiary/aromatic N) is 4. The van der Waals surface area contributed by atoms with Gasteiger partial charge in [0, 0.05) is 18.0 Å². The molecule has 0 aliphatic heterocycles.